The van der Waals surface area contributed by atoms with Gasteiger partial charge in [0.05, 0.1) is 11.4 Å². The fourth-order valence-corrected chi connectivity index (χ4v) is 1.00. The first-order valence-electron chi connectivity index (χ1n) is 4.24. The number of aliphatic hydroxyl groups excluding tert-OH is 1. The van der Waals surface area contributed by atoms with Gasteiger partial charge in [-0.1, -0.05) is 0 Å². The molecule has 0 radical (unpaired) electrons. The molecule has 80 valence electrons. The van der Waals surface area contributed by atoms with Gasteiger partial charge in [0.1, 0.15) is 30.3 Å². The lowest BCUT2D eigenvalue weighted by Gasteiger charge is -2.09. The quantitative estimate of drug-likeness (QED) is 0.800. The number of ether oxygens (including phenoxy) is 1. The summed E-state index contributed by atoms with van der Waals surface area (Å²) >= 11 is 5.35. The summed E-state index contributed by atoms with van der Waals surface area (Å²) in [7, 11) is 0. The molecule has 0 bridgehead atoms. The van der Waals surface area contributed by atoms with Gasteiger partial charge in [0.25, 0.3) is 0 Å². The fraction of sp³-hybridized carbons (Fsp3) is 0.300. The number of aliphatic hydroxyl groups is 1. The summed E-state index contributed by atoms with van der Waals surface area (Å²) in [6.45, 7) is -0.00512. The second kappa shape index (κ2) is 5.54. The first-order chi connectivity index (χ1) is 7.17. The summed E-state index contributed by atoms with van der Waals surface area (Å²) in [5, 5.41) is 17.6. The highest BCUT2D eigenvalue weighted by Crippen LogP contribution is 2.16. The van der Waals surface area contributed by atoms with Crippen molar-refractivity contribution in [2.24, 2.45) is 0 Å². The molecule has 1 aromatic rings. The van der Waals surface area contributed by atoms with Crippen LogP contribution in [0.3, 0.4) is 0 Å². The monoisotopic (exact) mass is 229 g/mol. The second-order valence-corrected chi connectivity index (χ2v) is 3.18. The highest BCUT2D eigenvalue weighted by Gasteiger charge is 2.06. The van der Waals surface area contributed by atoms with Crippen molar-refractivity contribution in [1.29, 1.82) is 5.26 Å². The molecule has 0 aromatic heterocycles. The van der Waals surface area contributed by atoms with E-state index in [1.54, 1.807) is 6.07 Å². The summed E-state index contributed by atoms with van der Waals surface area (Å²) in [4.78, 5) is 0. The summed E-state index contributed by atoms with van der Waals surface area (Å²) < 4.78 is 18.1. The highest BCUT2D eigenvalue weighted by atomic mass is 35.5. The first kappa shape index (κ1) is 11.8. The molecule has 0 spiro atoms. The van der Waals surface area contributed by atoms with Gasteiger partial charge in [-0.2, -0.15) is 5.26 Å². The predicted octanol–water partition coefficient (Wildman–Crippen LogP) is 1.68. The summed E-state index contributed by atoms with van der Waals surface area (Å²) in [5.41, 5.74) is -0.0414. The van der Waals surface area contributed by atoms with E-state index in [-0.39, 0.29) is 23.8 Å². The van der Waals surface area contributed by atoms with E-state index >= 15 is 0 Å². The minimum Gasteiger partial charge on any atom is -0.491 e. The number of benzene rings is 1. The van der Waals surface area contributed by atoms with E-state index in [4.69, 9.17) is 26.7 Å². The van der Waals surface area contributed by atoms with Crippen molar-refractivity contribution in [1.82, 2.24) is 0 Å². The molecular formula is C10H9ClFNO2. The van der Waals surface area contributed by atoms with E-state index in [1.807, 2.05) is 0 Å². The molecule has 0 saturated heterocycles. The SMILES string of the molecule is N#Cc1ccc(OCC(O)CCl)cc1F. The third-order valence-corrected chi connectivity index (χ3v) is 2.04. The van der Waals surface area contributed by atoms with E-state index in [2.05, 4.69) is 0 Å². The average molecular weight is 230 g/mol. The van der Waals surface area contributed by atoms with Gasteiger partial charge >= 0.3 is 0 Å². The minimum atomic E-state index is -0.787. The van der Waals surface area contributed by atoms with Crippen LogP contribution < -0.4 is 4.74 Å². The Bertz CT molecular complexity index is 378. The zero-order valence-corrected chi connectivity index (χ0v) is 8.54. The lowest BCUT2D eigenvalue weighted by atomic mass is 10.2. The normalized spacial score (nSPS) is 11.9. The molecule has 1 aromatic carbocycles. The number of nitrogens with zero attached hydrogens (tertiary/aromatic N) is 1. The van der Waals surface area contributed by atoms with Crippen molar-refractivity contribution in [3.8, 4) is 11.8 Å². The van der Waals surface area contributed by atoms with E-state index < -0.39 is 11.9 Å². The Labute approximate surface area is 91.7 Å². The van der Waals surface area contributed by atoms with Crippen molar-refractivity contribution < 1.29 is 14.2 Å². The van der Waals surface area contributed by atoms with Gasteiger partial charge in [0, 0.05) is 6.07 Å². The van der Waals surface area contributed by atoms with Gasteiger partial charge < -0.3 is 9.84 Å². The van der Waals surface area contributed by atoms with Crippen LogP contribution in [0.1, 0.15) is 5.56 Å². The molecule has 1 rings (SSSR count). The Morgan fingerprint density at radius 3 is 2.87 bits per heavy atom. The molecule has 3 nitrogen and oxygen atoms in total. The molecule has 0 saturated carbocycles. The number of hydrogen-bond donors (Lipinski definition) is 1. The maximum atomic E-state index is 13.1. The van der Waals surface area contributed by atoms with E-state index in [9.17, 15) is 4.39 Å². The standard InChI is InChI=1S/C10H9ClFNO2/c11-4-8(14)6-15-9-2-1-7(5-13)10(12)3-9/h1-3,8,14H,4,6H2. The van der Waals surface area contributed by atoms with Crippen molar-refractivity contribution >= 4 is 11.6 Å². The maximum absolute atomic E-state index is 13.1. The number of hydrogen-bond acceptors (Lipinski definition) is 3. The molecule has 0 aliphatic carbocycles. The van der Waals surface area contributed by atoms with Crippen molar-refractivity contribution in [2.75, 3.05) is 12.5 Å². The zero-order valence-electron chi connectivity index (χ0n) is 7.78. The molecule has 15 heavy (non-hydrogen) atoms. The zero-order chi connectivity index (χ0) is 11.3. The van der Waals surface area contributed by atoms with Gasteiger partial charge in [0.15, 0.2) is 0 Å². The Kier molecular flexibility index (Phi) is 4.35. The van der Waals surface area contributed by atoms with Gasteiger partial charge in [-0.05, 0) is 12.1 Å². The third kappa shape index (κ3) is 3.39. The van der Waals surface area contributed by atoms with Crippen molar-refractivity contribution in [2.45, 2.75) is 6.10 Å². The number of rotatable bonds is 4. The molecular weight excluding hydrogens is 221 g/mol. The lowest BCUT2D eigenvalue weighted by molar-refractivity contribution is 0.125. The largest absolute Gasteiger partial charge is 0.491 e. The van der Waals surface area contributed by atoms with E-state index in [1.165, 1.54) is 12.1 Å². The van der Waals surface area contributed by atoms with E-state index in [0.29, 0.717) is 0 Å². The third-order valence-electron chi connectivity index (χ3n) is 1.68. The summed E-state index contributed by atoms with van der Waals surface area (Å²) in [6, 6.07) is 5.57. The number of nitriles is 1. The Hall–Kier alpha value is -1.31. The predicted molar refractivity (Wildman–Crippen MR) is 53.3 cm³/mol. The molecule has 1 unspecified atom stereocenters. The average Bonchev–Trinajstić information content (AvgIpc) is 2.26. The molecule has 0 amide bonds. The van der Waals surface area contributed by atoms with E-state index in [0.717, 1.165) is 6.07 Å². The minimum absolute atomic E-state index is 0.00512. The molecule has 1 N–H and O–H groups in total. The molecule has 0 fully saturated rings. The van der Waals surface area contributed by atoms with Gasteiger partial charge in [0.2, 0.25) is 0 Å². The Balaban J connectivity index is 2.64. The number of alkyl halides is 1. The summed E-state index contributed by atoms with van der Waals surface area (Å²) in [6.07, 6.45) is -0.787. The molecule has 0 aliphatic heterocycles. The maximum Gasteiger partial charge on any atom is 0.144 e. The molecule has 1 atom stereocenters. The fourth-order valence-electron chi connectivity index (χ4n) is 0.913. The molecule has 0 aliphatic rings. The van der Waals surface area contributed by atoms with Crippen LogP contribution in [0.2, 0.25) is 0 Å². The van der Waals surface area contributed by atoms with Crippen LogP contribution >= 0.6 is 11.6 Å². The Morgan fingerprint density at radius 1 is 1.60 bits per heavy atom. The second-order valence-electron chi connectivity index (χ2n) is 2.87. The smallest absolute Gasteiger partial charge is 0.144 e. The van der Waals surface area contributed by atoms with Gasteiger partial charge in [-0.25, -0.2) is 4.39 Å². The van der Waals surface area contributed by atoms with Crippen LogP contribution in [0.15, 0.2) is 18.2 Å². The Morgan fingerprint density at radius 2 is 2.33 bits per heavy atom. The van der Waals surface area contributed by atoms with Crippen molar-refractivity contribution in [3.05, 3.63) is 29.6 Å². The number of halogens is 2. The molecule has 5 heteroatoms. The lowest BCUT2D eigenvalue weighted by Crippen LogP contribution is -2.18. The van der Waals surface area contributed by atoms with Gasteiger partial charge in [-0.3, -0.25) is 0 Å². The first-order valence-corrected chi connectivity index (χ1v) is 4.77. The molecule has 0 heterocycles. The topological polar surface area (TPSA) is 53.2 Å². The van der Waals surface area contributed by atoms with Gasteiger partial charge in [-0.15, -0.1) is 11.6 Å². The van der Waals surface area contributed by atoms with Crippen LogP contribution in [0.4, 0.5) is 4.39 Å². The van der Waals surface area contributed by atoms with Crippen LogP contribution in [0, 0.1) is 17.1 Å². The van der Waals surface area contributed by atoms with Crippen LogP contribution in [-0.4, -0.2) is 23.7 Å². The van der Waals surface area contributed by atoms with Crippen LogP contribution in [0.25, 0.3) is 0 Å². The van der Waals surface area contributed by atoms with Crippen molar-refractivity contribution in [3.63, 3.8) is 0 Å². The highest BCUT2D eigenvalue weighted by molar-refractivity contribution is 6.18. The van der Waals surface area contributed by atoms with Crippen LogP contribution in [0.5, 0.6) is 5.75 Å². The van der Waals surface area contributed by atoms with Crippen LogP contribution in [-0.2, 0) is 0 Å². The summed E-state index contributed by atoms with van der Waals surface area (Å²) in [5.74, 6) is -0.329.